The summed E-state index contributed by atoms with van der Waals surface area (Å²) in [6, 6.07) is 9.63. The van der Waals surface area contributed by atoms with Crippen molar-refractivity contribution in [3.05, 3.63) is 35.4 Å². The van der Waals surface area contributed by atoms with Crippen molar-refractivity contribution in [2.75, 3.05) is 20.1 Å². The Labute approximate surface area is 98.7 Å². The standard InChI is InChI=1S/C14H22N2/c1-12-3-5-13(6-4-12)11-15-9-10-16(2)14-7-8-14/h3-6,14-15H,7-11H2,1-2H3. The van der Waals surface area contributed by atoms with Crippen LogP contribution in [0.4, 0.5) is 0 Å². The lowest BCUT2D eigenvalue weighted by Crippen LogP contribution is -2.30. The molecule has 1 fully saturated rings. The minimum Gasteiger partial charge on any atom is -0.311 e. The maximum atomic E-state index is 3.49. The summed E-state index contributed by atoms with van der Waals surface area (Å²) in [5.41, 5.74) is 2.71. The molecule has 0 atom stereocenters. The van der Waals surface area contributed by atoms with Gasteiger partial charge in [0.15, 0.2) is 0 Å². The third-order valence-electron chi connectivity index (χ3n) is 3.26. The lowest BCUT2D eigenvalue weighted by Gasteiger charge is -2.15. The highest BCUT2D eigenvalue weighted by Crippen LogP contribution is 2.24. The van der Waals surface area contributed by atoms with E-state index < -0.39 is 0 Å². The van der Waals surface area contributed by atoms with Crippen LogP contribution in [0.1, 0.15) is 24.0 Å². The van der Waals surface area contributed by atoms with Gasteiger partial charge in [-0.15, -0.1) is 0 Å². The van der Waals surface area contributed by atoms with Crippen LogP contribution in [-0.4, -0.2) is 31.1 Å². The molecule has 1 aromatic rings. The van der Waals surface area contributed by atoms with E-state index in [2.05, 4.69) is 48.5 Å². The van der Waals surface area contributed by atoms with E-state index in [0.717, 1.165) is 25.7 Å². The predicted octanol–water partition coefficient (Wildman–Crippen LogP) is 2.18. The quantitative estimate of drug-likeness (QED) is 0.736. The predicted molar refractivity (Wildman–Crippen MR) is 68.5 cm³/mol. The first-order valence-electron chi connectivity index (χ1n) is 6.22. The summed E-state index contributed by atoms with van der Waals surface area (Å²) < 4.78 is 0. The number of aryl methyl sites for hydroxylation is 1. The highest BCUT2D eigenvalue weighted by molar-refractivity contribution is 5.20. The minimum atomic E-state index is 0.876. The highest BCUT2D eigenvalue weighted by Gasteiger charge is 2.25. The van der Waals surface area contributed by atoms with E-state index in [1.165, 1.54) is 24.0 Å². The highest BCUT2D eigenvalue weighted by atomic mass is 15.2. The Hall–Kier alpha value is -0.860. The van der Waals surface area contributed by atoms with Crippen LogP contribution < -0.4 is 5.32 Å². The van der Waals surface area contributed by atoms with Crippen LogP contribution in [-0.2, 0) is 6.54 Å². The first-order chi connectivity index (χ1) is 7.75. The summed E-state index contributed by atoms with van der Waals surface area (Å²) >= 11 is 0. The third-order valence-corrected chi connectivity index (χ3v) is 3.26. The fraction of sp³-hybridized carbons (Fsp3) is 0.571. The van der Waals surface area contributed by atoms with Gasteiger partial charge in [0.2, 0.25) is 0 Å². The van der Waals surface area contributed by atoms with Gasteiger partial charge < -0.3 is 10.2 Å². The van der Waals surface area contributed by atoms with Gasteiger partial charge >= 0.3 is 0 Å². The van der Waals surface area contributed by atoms with Gasteiger partial charge in [-0.2, -0.15) is 0 Å². The Morgan fingerprint density at radius 1 is 1.25 bits per heavy atom. The van der Waals surface area contributed by atoms with Crippen LogP contribution in [0.3, 0.4) is 0 Å². The number of nitrogens with zero attached hydrogens (tertiary/aromatic N) is 1. The molecule has 2 heteroatoms. The van der Waals surface area contributed by atoms with Gasteiger partial charge in [-0.25, -0.2) is 0 Å². The average molecular weight is 218 g/mol. The van der Waals surface area contributed by atoms with Gasteiger partial charge in [0.05, 0.1) is 0 Å². The van der Waals surface area contributed by atoms with Gasteiger partial charge in [-0.05, 0) is 32.4 Å². The number of hydrogen-bond donors (Lipinski definition) is 1. The van der Waals surface area contributed by atoms with Gasteiger partial charge in [0.25, 0.3) is 0 Å². The molecule has 0 aliphatic heterocycles. The zero-order chi connectivity index (χ0) is 11.4. The van der Waals surface area contributed by atoms with Crippen LogP contribution >= 0.6 is 0 Å². The normalized spacial score (nSPS) is 15.7. The second-order valence-electron chi connectivity index (χ2n) is 4.87. The van der Waals surface area contributed by atoms with Crippen molar-refractivity contribution in [3.8, 4) is 0 Å². The molecule has 0 heterocycles. The van der Waals surface area contributed by atoms with Crippen LogP contribution in [0.25, 0.3) is 0 Å². The molecule has 1 saturated carbocycles. The summed E-state index contributed by atoms with van der Waals surface area (Å²) in [5, 5.41) is 3.49. The van der Waals surface area contributed by atoms with Crippen molar-refractivity contribution in [2.45, 2.75) is 32.4 Å². The van der Waals surface area contributed by atoms with E-state index in [0.29, 0.717) is 0 Å². The van der Waals surface area contributed by atoms with E-state index in [4.69, 9.17) is 0 Å². The molecule has 0 saturated heterocycles. The van der Waals surface area contributed by atoms with Crippen molar-refractivity contribution >= 4 is 0 Å². The number of rotatable bonds is 6. The topological polar surface area (TPSA) is 15.3 Å². The molecule has 16 heavy (non-hydrogen) atoms. The molecule has 1 aliphatic carbocycles. The summed E-state index contributed by atoms with van der Waals surface area (Å²) in [5.74, 6) is 0. The minimum absolute atomic E-state index is 0.876. The van der Waals surface area contributed by atoms with Crippen molar-refractivity contribution < 1.29 is 0 Å². The maximum absolute atomic E-state index is 3.49. The molecule has 1 N–H and O–H groups in total. The lowest BCUT2D eigenvalue weighted by molar-refractivity contribution is 0.321. The van der Waals surface area contributed by atoms with Gasteiger partial charge in [0.1, 0.15) is 0 Å². The Balaban J connectivity index is 1.62. The Morgan fingerprint density at radius 3 is 2.56 bits per heavy atom. The fourth-order valence-electron chi connectivity index (χ4n) is 1.89. The molecule has 88 valence electrons. The van der Waals surface area contributed by atoms with E-state index in [-0.39, 0.29) is 0 Å². The molecule has 1 aromatic carbocycles. The number of nitrogens with one attached hydrogen (secondary N) is 1. The first-order valence-corrected chi connectivity index (χ1v) is 6.22. The zero-order valence-electron chi connectivity index (χ0n) is 10.4. The summed E-state index contributed by atoms with van der Waals surface area (Å²) in [7, 11) is 2.23. The van der Waals surface area contributed by atoms with E-state index in [1.54, 1.807) is 0 Å². The molecule has 2 rings (SSSR count). The molecule has 2 nitrogen and oxygen atoms in total. The van der Waals surface area contributed by atoms with E-state index >= 15 is 0 Å². The van der Waals surface area contributed by atoms with Crippen molar-refractivity contribution in [1.82, 2.24) is 10.2 Å². The molecule has 0 bridgehead atoms. The Morgan fingerprint density at radius 2 is 1.94 bits per heavy atom. The molecule has 0 aromatic heterocycles. The van der Waals surface area contributed by atoms with Crippen molar-refractivity contribution in [2.24, 2.45) is 0 Å². The van der Waals surface area contributed by atoms with Crippen molar-refractivity contribution in [1.29, 1.82) is 0 Å². The van der Waals surface area contributed by atoms with E-state index in [9.17, 15) is 0 Å². The molecular weight excluding hydrogens is 196 g/mol. The number of likely N-dealkylation sites (N-methyl/N-ethyl adjacent to an activating group) is 1. The Kier molecular flexibility index (Phi) is 3.97. The van der Waals surface area contributed by atoms with Gasteiger partial charge in [0, 0.05) is 25.7 Å². The number of hydrogen-bond acceptors (Lipinski definition) is 2. The second-order valence-corrected chi connectivity index (χ2v) is 4.87. The maximum Gasteiger partial charge on any atom is 0.0206 e. The van der Waals surface area contributed by atoms with Crippen molar-refractivity contribution in [3.63, 3.8) is 0 Å². The van der Waals surface area contributed by atoms with Gasteiger partial charge in [-0.3, -0.25) is 0 Å². The zero-order valence-corrected chi connectivity index (χ0v) is 10.4. The second kappa shape index (κ2) is 5.46. The van der Waals surface area contributed by atoms with Crippen LogP contribution in [0.5, 0.6) is 0 Å². The average Bonchev–Trinajstić information content (AvgIpc) is 3.10. The largest absolute Gasteiger partial charge is 0.311 e. The molecular formula is C14H22N2. The van der Waals surface area contributed by atoms with Crippen LogP contribution in [0.2, 0.25) is 0 Å². The first kappa shape index (κ1) is 11.6. The van der Waals surface area contributed by atoms with Crippen LogP contribution in [0.15, 0.2) is 24.3 Å². The molecule has 1 aliphatic rings. The molecule has 0 radical (unpaired) electrons. The monoisotopic (exact) mass is 218 g/mol. The number of benzene rings is 1. The Bertz CT molecular complexity index is 314. The molecule has 0 unspecified atom stereocenters. The third kappa shape index (κ3) is 3.62. The molecule has 0 spiro atoms. The lowest BCUT2D eigenvalue weighted by atomic mass is 10.1. The van der Waals surface area contributed by atoms with Crippen LogP contribution in [0, 0.1) is 6.92 Å². The van der Waals surface area contributed by atoms with E-state index in [1.807, 2.05) is 0 Å². The smallest absolute Gasteiger partial charge is 0.0206 e. The SMILES string of the molecule is Cc1ccc(CNCCN(C)C2CC2)cc1. The summed E-state index contributed by atoms with van der Waals surface area (Å²) in [4.78, 5) is 2.46. The molecule has 0 amide bonds. The van der Waals surface area contributed by atoms with Gasteiger partial charge in [-0.1, -0.05) is 29.8 Å². The fourth-order valence-corrected chi connectivity index (χ4v) is 1.89. The summed E-state index contributed by atoms with van der Waals surface area (Å²) in [6.45, 7) is 5.36. The summed E-state index contributed by atoms with van der Waals surface area (Å²) in [6.07, 6.45) is 2.79.